The Labute approximate surface area is 201 Å². The van der Waals surface area contributed by atoms with E-state index < -0.39 is 0 Å². The van der Waals surface area contributed by atoms with Crippen LogP contribution in [-0.2, 0) is 6.54 Å². The maximum absolute atomic E-state index is 2.56. The number of hydrogen-bond acceptors (Lipinski definition) is 0. The Morgan fingerprint density at radius 3 is 2.29 bits per heavy atom. The molecule has 0 heterocycles. The Hall–Kier alpha value is -0.400. The van der Waals surface area contributed by atoms with Crippen LogP contribution in [0.25, 0.3) is 11.1 Å². The third kappa shape index (κ3) is 4.36. The first-order chi connectivity index (χ1) is 12.8. The van der Waals surface area contributed by atoms with Gasteiger partial charge in [0.2, 0.25) is 0 Å². The molecule has 1 nitrogen and oxygen atoms in total. The molecule has 0 N–H and O–H groups in total. The molecule has 2 bridgehead atoms. The van der Waals surface area contributed by atoms with E-state index in [9.17, 15) is 0 Å². The molecule has 2 aromatic carbocycles. The molecule has 0 amide bonds. The van der Waals surface area contributed by atoms with Crippen LogP contribution in [0.3, 0.4) is 0 Å². The third-order valence-corrected chi connectivity index (χ3v) is 7.88. The van der Waals surface area contributed by atoms with Crippen LogP contribution in [0.2, 0.25) is 0 Å². The number of quaternary nitrogens is 1. The second kappa shape index (κ2) is 8.38. The molecule has 0 spiro atoms. The molecule has 3 heteroatoms. The smallest absolute Gasteiger partial charge is 0.104 e. The summed E-state index contributed by atoms with van der Waals surface area (Å²) in [4.78, 5) is 0. The van der Waals surface area contributed by atoms with Gasteiger partial charge in [-0.1, -0.05) is 62.4 Å². The predicted molar refractivity (Wildman–Crippen MR) is 123 cm³/mol. The van der Waals surface area contributed by atoms with Crippen molar-refractivity contribution in [1.82, 2.24) is 0 Å². The zero-order chi connectivity index (χ0) is 19.2. The summed E-state index contributed by atoms with van der Waals surface area (Å²) in [6.45, 7) is 7.21. The van der Waals surface area contributed by atoms with Gasteiger partial charge < -0.3 is 28.5 Å². The number of fused-ring (bicyclic) bond motifs is 1. The molecule has 0 saturated heterocycles. The van der Waals surface area contributed by atoms with Crippen molar-refractivity contribution >= 4 is 22.6 Å². The fourth-order valence-electron chi connectivity index (χ4n) is 5.19. The standard InChI is InChI=1S/C25H31IN.HI/c1-25(2)21-14-13-20(23(25)15-21)17-27(3,4)16-18-9-11-19(12-10-18)22-7-5-6-8-24(22)26;/h5-13,21,23H,14-17H2,1-4H3;1H/q+1;/p-1/t21-,23-;/m1./s1. The fraction of sp³-hybridized carbons (Fsp3) is 0.440. The van der Waals surface area contributed by atoms with Gasteiger partial charge in [-0.05, 0) is 75.4 Å². The van der Waals surface area contributed by atoms with Gasteiger partial charge in [-0.2, -0.15) is 0 Å². The topological polar surface area (TPSA) is 0 Å². The minimum absolute atomic E-state index is 0. The van der Waals surface area contributed by atoms with Gasteiger partial charge >= 0.3 is 0 Å². The van der Waals surface area contributed by atoms with Crippen molar-refractivity contribution in [3.63, 3.8) is 0 Å². The predicted octanol–water partition coefficient (Wildman–Crippen LogP) is 3.53. The van der Waals surface area contributed by atoms with Crippen LogP contribution in [-0.4, -0.2) is 25.1 Å². The van der Waals surface area contributed by atoms with Gasteiger partial charge in [-0.25, -0.2) is 0 Å². The molecule has 0 aromatic heterocycles. The van der Waals surface area contributed by atoms with Crippen molar-refractivity contribution in [1.29, 1.82) is 0 Å². The monoisotopic (exact) mass is 599 g/mol. The van der Waals surface area contributed by atoms with Crippen molar-refractivity contribution in [2.75, 3.05) is 20.6 Å². The average Bonchev–Trinajstić information content (AvgIpc) is 2.62. The van der Waals surface area contributed by atoms with E-state index in [1.165, 1.54) is 39.6 Å². The Kier molecular flexibility index (Phi) is 6.67. The fourth-order valence-corrected chi connectivity index (χ4v) is 5.88. The summed E-state index contributed by atoms with van der Waals surface area (Å²) < 4.78 is 2.34. The molecule has 150 valence electrons. The lowest BCUT2D eigenvalue weighted by atomic mass is 9.49. The Bertz CT molecular complexity index is 864. The first-order valence-electron chi connectivity index (χ1n) is 10.1. The molecule has 2 aromatic rings. The number of hydrogen-bond donors (Lipinski definition) is 0. The molecule has 1 fully saturated rings. The number of rotatable bonds is 5. The van der Waals surface area contributed by atoms with Gasteiger partial charge in [0.15, 0.2) is 0 Å². The van der Waals surface area contributed by atoms with Crippen molar-refractivity contribution in [3.8, 4) is 11.1 Å². The second-order valence-electron chi connectivity index (χ2n) is 9.75. The van der Waals surface area contributed by atoms with E-state index in [0.717, 1.165) is 22.9 Å². The van der Waals surface area contributed by atoms with Crippen molar-refractivity contribution in [2.24, 2.45) is 17.3 Å². The number of nitrogens with zero attached hydrogens (tertiary/aromatic N) is 1. The van der Waals surface area contributed by atoms with E-state index in [1.54, 1.807) is 5.57 Å². The molecular formula is C25H31I2N. The average molecular weight is 599 g/mol. The summed E-state index contributed by atoms with van der Waals surface area (Å²) in [7, 11) is 4.76. The van der Waals surface area contributed by atoms with Crippen molar-refractivity contribution < 1.29 is 28.5 Å². The van der Waals surface area contributed by atoms with E-state index in [4.69, 9.17) is 0 Å². The largest absolute Gasteiger partial charge is 1.00 e. The molecule has 0 radical (unpaired) electrons. The minimum Gasteiger partial charge on any atom is -1.00 e. The minimum atomic E-state index is 0. The SMILES string of the molecule is CC1(C)[C@@H]2CC=C(C[N+](C)(C)Cc3ccc(-c4ccccc4I)cc3)[C@H]1C2.[I-]. The highest BCUT2D eigenvalue weighted by molar-refractivity contribution is 14.1. The molecule has 5 rings (SSSR count). The molecule has 0 unspecified atom stereocenters. The summed E-state index contributed by atoms with van der Waals surface area (Å²) in [6.07, 6.45) is 5.27. The number of allylic oxidation sites excluding steroid dienone is 1. The zero-order valence-corrected chi connectivity index (χ0v) is 21.7. The molecule has 3 aliphatic rings. The number of likely N-dealkylation sites (N-methyl/N-ethyl adjacent to an activating group) is 1. The summed E-state index contributed by atoms with van der Waals surface area (Å²) >= 11 is 2.42. The van der Waals surface area contributed by atoms with E-state index in [-0.39, 0.29) is 24.0 Å². The third-order valence-electron chi connectivity index (χ3n) is 6.94. The van der Waals surface area contributed by atoms with Gasteiger partial charge in [-0.15, -0.1) is 0 Å². The Morgan fingerprint density at radius 2 is 1.68 bits per heavy atom. The molecule has 3 aliphatic carbocycles. The van der Waals surface area contributed by atoms with Gasteiger partial charge in [0.05, 0.1) is 14.1 Å². The molecule has 0 aliphatic heterocycles. The first kappa shape index (κ1) is 22.3. The molecule has 28 heavy (non-hydrogen) atoms. The van der Waals surface area contributed by atoms with Crippen molar-refractivity contribution in [2.45, 2.75) is 33.2 Å². The van der Waals surface area contributed by atoms with E-state index in [1.807, 2.05) is 0 Å². The lowest BCUT2D eigenvalue weighted by Gasteiger charge is -2.57. The highest BCUT2D eigenvalue weighted by Gasteiger charge is 2.52. The summed E-state index contributed by atoms with van der Waals surface area (Å²) in [5, 5.41) is 0. The molecule has 1 saturated carbocycles. The number of benzene rings is 2. The normalized spacial score (nSPS) is 22.7. The van der Waals surface area contributed by atoms with Crippen LogP contribution in [0.5, 0.6) is 0 Å². The van der Waals surface area contributed by atoms with Gasteiger partial charge in [0.25, 0.3) is 0 Å². The first-order valence-corrected chi connectivity index (χ1v) is 11.2. The van der Waals surface area contributed by atoms with Gasteiger partial charge in [-0.3, -0.25) is 0 Å². The van der Waals surface area contributed by atoms with Gasteiger partial charge in [0, 0.05) is 9.13 Å². The zero-order valence-electron chi connectivity index (χ0n) is 17.4. The van der Waals surface area contributed by atoms with Crippen molar-refractivity contribution in [3.05, 3.63) is 69.3 Å². The van der Waals surface area contributed by atoms with Crippen LogP contribution < -0.4 is 24.0 Å². The summed E-state index contributed by atoms with van der Waals surface area (Å²) in [5.41, 5.74) is 6.30. The lowest BCUT2D eigenvalue weighted by Crippen LogP contribution is -3.00. The Balaban J connectivity index is 0.00000225. The number of halogens is 2. The molecular weight excluding hydrogens is 568 g/mol. The van der Waals surface area contributed by atoms with E-state index in [2.05, 4.69) is 105 Å². The van der Waals surface area contributed by atoms with Crippen LogP contribution in [0.4, 0.5) is 0 Å². The molecule has 2 atom stereocenters. The Morgan fingerprint density at radius 1 is 1.00 bits per heavy atom. The maximum atomic E-state index is 2.56. The van der Waals surface area contributed by atoms with E-state index >= 15 is 0 Å². The maximum Gasteiger partial charge on any atom is 0.104 e. The van der Waals surface area contributed by atoms with Crippen LogP contribution in [0.1, 0.15) is 32.3 Å². The summed E-state index contributed by atoms with van der Waals surface area (Å²) in [6, 6.07) is 17.8. The van der Waals surface area contributed by atoms with Crippen LogP contribution in [0.15, 0.2) is 60.2 Å². The van der Waals surface area contributed by atoms with Gasteiger partial charge in [0.1, 0.15) is 13.1 Å². The lowest BCUT2D eigenvalue weighted by molar-refractivity contribution is -0.899. The summed E-state index contributed by atoms with van der Waals surface area (Å²) in [5.74, 6) is 1.74. The quantitative estimate of drug-likeness (QED) is 0.281. The van der Waals surface area contributed by atoms with Crippen LogP contribution in [0, 0.1) is 20.8 Å². The van der Waals surface area contributed by atoms with Crippen LogP contribution >= 0.6 is 22.6 Å². The highest BCUT2D eigenvalue weighted by atomic mass is 127. The second-order valence-corrected chi connectivity index (χ2v) is 10.9. The van der Waals surface area contributed by atoms with E-state index in [0.29, 0.717) is 5.41 Å². The highest BCUT2D eigenvalue weighted by Crippen LogP contribution is 2.59.